The number of ether oxygens (including phenoxy) is 2. The minimum absolute atomic E-state index is 0.771. The number of likely N-dealkylation sites (tertiary alicyclic amines) is 1. The molecule has 2 atom stereocenters. The van der Waals surface area contributed by atoms with Crippen molar-refractivity contribution in [3.8, 4) is 11.5 Å². The Hall–Kier alpha value is -0.740. The van der Waals surface area contributed by atoms with Crippen LogP contribution < -0.4 is 9.47 Å². The molecular formula is C18H26BrNO2. The van der Waals surface area contributed by atoms with E-state index >= 15 is 0 Å². The third kappa shape index (κ3) is 3.28. The van der Waals surface area contributed by atoms with Gasteiger partial charge in [-0.1, -0.05) is 12.8 Å². The Balaban J connectivity index is 1.80. The molecule has 3 nitrogen and oxygen atoms in total. The predicted octanol–water partition coefficient (Wildman–Crippen LogP) is 4.62. The molecule has 1 aliphatic heterocycles. The van der Waals surface area contributed by atoms with Gasteiger partial charge in [0.1, 0.15) is 11.5 Å². The molecule has 1 aliphatic carbocycles. The van der Waals surface area contributed by atoms with Gasteiger partial charge in [0, 0.05) is 24.2 Å². The van der Waals surface area contributed by atoms with Gasteiger partial charge in [-0.25, -0.2) is 0 Å². The van der Waals surface area contributed by atoms with Gasteiger partial charge in [0.15, 0.2) is 0 Å². The first-order valence-corrected chi connectivity index (χ1v) is 9.16. The number of methoxy groups -OCH3 is 2. The maximum atomic E-state index is 5.59. The van der Waals surface area contributed by atoms with Crippen molar-refractivity contribution >= 4 is 15.9 Å². The van der Waals surface area contributed by atoms with Crippen LogP contribution in [0.15, 0.2) is 16.6 Å². The fraction of sp³-hybridized carbons (Fsp3) is 0.667. The maximum Gasteiger partial charge on any atom is 0.136 e. The topological polar surface area (TPSA) is 21.7 Å². The summed E-state index contributed by atoms with van der Waals surface area (Å²) in [6.07, 6.45) is 8.36. The normalized spacial score (nSPS) is 25.6. The third-order valence-electron chi connectivity index (χ3n) is 5.29. The molecule has 122 valence electrons. The molecule has 1 aromatic rings. The van der Waals surface area contributed by atoms with Gasteiger partial charge in [0.05, 0.1) is 18.7 Å². The lowest BCUT2D eigenvalue weighted by Gasteiger charge is -2.44. The summed E-state index contributed by atoms with van der Waals surface area (Å²) in [5.74, 6) is 2.67. The molecule has 22 heavy (non-hydrogen) atoms. The zero-order valence-electron chi connectivity index (χ0n) is 13.6. The number of hydrogen-bond donors (Lipinski definition) is 0. The highest BCUT2D eigenvalue weighted by molar-refractivity contribution is 9.10. The largest absolute Gasteiger partial charge is 0.496 e. The summed E-state index contributed by atoms with van der Waals surface area (Å²) < 4.78 is 12.0. The highest BCUT2D eigenvalue weighted by Gasteiger charge is 2.33. The van der Waals surface area contributed by atoms with Crippen LogP contribution in [0.1, 0.15) is 44.1 Å². The summed E-state index contributed by atoms with van der Waals surface area (Å²) in [6, 6.07) is 4.92. The monoisotopic (exact) mass is 367 g/mol. The quantitative estimate of drug-likeness (QED) is 0.774. The average molecular weight is 368 g/mol. The molecule has 0 amide bonds. The maximum absolute atomic E-state index is 5.59. The number of fused-ring (bicyclic) bond motifs is 1. The van der Waals surface area contributed by atoms with Crippen molar-refractivity contribution < 1.29 is 9.47 Å². The fourth-order valence-corrected chi connectivity index (χ4v) is 4.74. The second-order valence-electron chi connectivity index (χ2n) is 6.52. The molecule has 0 spiro atoms. The van der Waals surface area contributed by atoms with Crippen LogP contribution in [-0.2, 0) is 6.54 Å². The molecular weight excluding hydrogens is 342 g/mol. The number of hydrogen-bond acceptors (Lipinski definition) is 3. The molecule has 0 aromatic heterocycles. The van der Waals surface area contributed by atoms with Crippen molar-refractivity contribution in [2.45, 2.75) is 51.1 Å². The van der Waals surface area contributed by atoms with Crippen molar-refractivity contribution in [1.29, 1.82) is 0 Å². The summed E-state index contributed by atoms with van der Waals surface area (Å²) in [7, 11) is 3.43. The van der Waals surface area contributed by atoms with Crippen molar-refractivity contribution in [2.75, 3.05) is 20.8 Å². The lowest BCUT2D eigenvalue weighted by atomic mass is 9.78. The second-order valence-corrected chi connectivity index (χ2v) is 7.38. The first-order chi connectivity index (χ1) is 10.7. The minimum Gasteiger partial charge on any atom is -0.496 e. The third-order valence-corrected chi connectivity index (χ3v) is 5.91. The number of piperidine rings is 1. The van der Waals surface area contributed by atoms with Crippen LogP contribution in [-0.4, -0.2) is 31.7 Å². The van der Waals surface area contributed by atoms with E-state index in [0.29, 0.717) is 0 Å². The highest BCUT2D eigenvalue weighted by atomic mass is 79.9. The molecule has 2 fully saturated rings. The van der Waals surface area contributed by atoms with Crippen LogP contribution in [0.25, 0.3) is 0 Å². The Bertz CT molecular complexity index is 518. The first-order valence-electron chi connectivity index (χ1n) is 8.37. The molecule has 1 saturated carbocycles. The van der Waals surface area contributed by atoms with E-state index in [1.165, 1.54) is 50.6 Å². The summed E-state index contributed by atoms with van der Waals surface area (Å²) in [4.78, 5) is 2.68. The Kier molecular flexibility index (Phi) is 5.29. The van der Waals surface area contributed by atoms with Crippen LogP contribution in [0.5, 0.6) is 11.5 Å². The van der Waals surface area contributed by atoms with E-state index in [0.717, 1.165) is 34.5 Å². The average Bonchev–Trinajstić information content (AvgIpc) is 2.55. The van der Waals surface area contributed by atoms with Crippen LogP contribution in [0.3, 0.4) is 0 Å². The first kappa shape index (κ1) is 16.1. The SMILES string of the molecule is COc1cc(OC)c(CN2CCCC3CCCCC32)cc1Br. The van der Waals surface area contributed by atoms with Crippen LogP contribution in [0, 0.1) is 5.92 Å². The summed E-state index contributed by atoms with van der Waals surface area (Å²) in [5.41, 5.74) is 1.25. The van der Waals surface area contributed by atoms with Crippen LogP contribution in [0.2, 0.25) is 0 Å². The molecule has 4 heteroatoms. The van der Waals surface area contributed by atoms with E-state index in [1.54, 1.807) is 14.2 Å². The molecule has 2 aliphatic rings. The number of rotatable bonds is 4. The van der Waals surface area contributed by atoms with Gasteiger partial charge in [-0.15, -0.1) is 0 Å². The van der Waals surface area contributed by atoms with Crippen molar-refractivity contribution in [3.05, 3.63) is 22.2 Å². The Morgan fingerprint density at radius 2 is 1.77 bits per heavy atom. The van der Waals surface area contributed by atoms with Crippen molar-refractivity contribution in [1.82, 2.24) is 4.90 Å². The highest BCUT2D eigenvalue weighted by Crippen LogP contribution is 2.38. The van der Waals surface area contributed by atoms with Gasteiger partial charge in [-0.3, -0.25) is 4.90 Å². The smallest absolute Gasteiger partial charge is 0.136 e. The van der Waals surface area contributed by atoms with Gasteiger partial charge >= 0.3 is 0 Å². The van der Waals surface area contributed by atoms with Crippen LogP contribution >= 0.6 is 15.9 Å². The Labute approximate surface area is 142 Å². The van der Waals surface area contributed by atoms with E-state index in [4.69, 9.17) is 9.47 Å². The molecule has 1 heterocycles. The van der Waals surface area contributed by atoms with E-state index < -0.39 is 0 Å². The standard InChI is InChI=1S/C18H26BrNO2/c1-21-17-11-18(22-2)15(19)10-14(17)12-20-9-5-7-13-6-3-4-8-16(13)20/h10-11,13,16H,3-9,12H2,1-2H3. The fourth-order valence-electron chi connectivity index (χ4n) is 4.19. The van der Waals surface area contributed by atoms with Gasteiger partial charge in [0.25, 0.3) is 0 Å². The molecule has 2 unspecified atom stereocenters. The van der Waals surface area contributed by atoms with Crippen molar-refractivity contribution in [2.24, 2.45) is 5.92 Å². The summed E-state index contributed by atoms with van der Waals surface area (Å²) in [5, 5.41) is 0. The van der Waals surface area contributed by atoms with E-state index in [-0.39, 0.29) is 0 Å². The Morgan fingerprint density at radius 1 is 1.05 bits per heavy atom. The van der Waals surface area contributed by atoms with Gasteiger partial charge in [-0.05, 0) is 60.1 Å². The van der Waals surface area contributed by atoms with E-state index in [1.807, 2.05) is 6.07 Å². The van der Waals surface area contributed by atoms with Crippen LogP contribution in [0.4, 0.5) is 0 Å². The predicted molar refractivity (Wildman–Crippen MR) is 92.6 cm³/mol. The van der Waals surface area contributed by atoms with E-state index in [9.17, 15) is 0 Å². The number of nitrogens with zero attached hydrogens (tertiary/aromatic N) is 1. The van der Waals surface area contributed by atoms with Gasteiger partial charge < -0.3 is 9.47 Å². The molecule has 1 aromatic carbocycles. The van der Waals surface area contributed by atoms with E-state index in [2.05, 4.69) is 26.9 Å². The zero-order chi connectivity index (χ0) is 15.5. The van der Waals surface area contributed by atoms with Gasteiger partial charge in [0.2, 0.25) is 0 Å². The molecule has 0 N–H and O–H groups in total. The lowest BCUT2D eigenvalue weighted by Crippen LogP contribution is -2.46. The summed E-state index contributed by atoms with van der Waals surface area (Å²) in [6.45, 7) is 2.20. The molecule has 1 saturated heterocycles. The van der Waals surface area contributed by atoms with Gasteiger partial charge in [-0.2, -0.15) is 0 Å². The zero-order valence-corrected chi connectivity index (χ0v) is 15.2. The second kappa shape index (κ2) is 7.22. The minimum atomic E-state index is 0.771. The summed E-state index contributed by atoms with van der Waals surface area (Å²) >= 11 is 3.61. The molecule has 0 bridgehead atoms. The Morgan fingerprint density at radius 3 is 2.55 bits per heavy atom. The molecule has 3 rings (SSSR count). The lowest BCUT2D eigenvalue weighted by molar-refractivity contribution is 0.0541. The number of halogens is 1. The molecule has 0 radical (unpaired) electrons. The number of benzene rings is 1. The van der Waals surface area contributed by atoms with Crippen molar-refractivity contribution in [3.63, 3.8) is 0 Å².